The molecule has 0 spiro atoms. The predicted molar refractivity (Wildman–Crippen MR) is 71.1 cm³/mol. The van der Waals surface area contributed by atoms with Crippen LogP contribution in [0.25, 0.3) is 0 Å². The van der Waals surface area contributed by atoms with Crippen molar-refractivity contribution in [1.29, 1.82) is 0 Å². The number of methoxy groups -OCH3 is 2. The van der Waals surface area contributed by atoms with E-state index >= 15 is 0 Å². The van der Waals surface area contributed by atoms with Crippen LogP contribution < -0.4 is 14.8 Å². The summed E-state index contributed by atoms with van der Waals surface area (Å²) in [5.74, 6) is 1.72. The molecule has 17 heavy (non-hydrogen) atoms. The summed E-state index contributed by atoms with van der Waals surface area (Å²) in [6.45, 7) is 5.45. The zero-order valence-corrected chi connectivity index (χ0v) is 11.5. The summed E-state index contributed by atoms with van der Waals surface area (Å²) in [5, 5.41) is 3.19. The van der Waals surface area contributed by atoms with E-state index < -0.39 is 0 Å². The van der Waals surface area contributed by atoms with Crippen LogP contribution in [0.2, 0.25) is 0 Å². The van der Waals surface area contributed by atoms with E-state index in [1.54, 1.807) is 14.2 Å². The maximum atomic E-state index is 5.45. The Hall–Kier alpha value is -1.22. The number of rotatable bonds is 6. The fourth-order valence-electron chi connectivity index (χ4n) is 1.93. The van der Waals surface area contributed by atoms with Gasteiger partial charge in [-0.3, -0.25) is 0 Å². The number of hydrogen-bond donors (Lipinski definition) is 1. The number of benzene rings is 1. The minimum atomic E-state index is 0.0840. The maximum absolute atomic E-state index is 5.45. The van der Waals surface area contributed by atoms with Gasteiger partial charge in [0.15, 0.2) is 0 Å². The minimum absolute atomic E-state index is 0.0840. The molecule has 3 nitrogen and oxygen atoms in total. The van der Waals surface area contributed by atoms with Crippen LogP contribution >= 0.6 is 0 Å². The molecule has 0 saturated carbocycles. The molecular weight excluding hydrogens is 214 g/mol. The molecule has 0 bridgehead atoms. The topological polar surface area (TPSA) is 30.5 Å². The third kappa shape index (κ3) is 3.37. The highest BCUT2D eigenvalue weighted by atomic mass is 16.5. The van der Waals surface area contributed by atoms with Crippen LogP contribution in [0.4, 0.5) is 0 Å². The van der Waals surface area contributed by atoms with Gasteiger partial charge in [0.25, 0.3) is 0 Å². The van der Waals surface area contributed by atoms with E-state index in [2.05, 4.69) is 25.2 Å². The van der Waals surface area contributed by atoms with E-state index in [1.807, 2.05) is 19.2 Å². The second-order valence-corrected chi connectivity index (χ2v) is 4.80. The van der Waals surface area contributed by atoms with Crippen molar-refractivity contribution in [2.45, 2.75) is 25.7 Å². The smallest absolute Gasteiger partial charge is 0.126 e. The van der Waals surface area contributed by atoms with Gasteiger partial charge in [-0.25, -0.2) is 0 Å². The highest BCUT2D eigenvalue weighted by molar-refractivity contribution is 5.44. The summed E-state index contributed by atoms with van der Waals surface area (Å²) in [7, 11) is 5.34. The Labute approximate surface area is 104 Å². The van der Waals surface area contributed by atoms with Crippen LogP contribution in [0.3, 0.4) is 0 Å². The van der Waals surface area contributed by atoms with Crippen LogP contribution in [0, 0.1) is 0 Å². The fourth-order valence-corrected chi connectivity index (χ4v) is 1.93. The molecule has 0 atom stereocenters. The highest BCUT2D eigenvalue weighted by Crippen LogP contribution is 2.36. The van der Waals surface area contributed by atoms with Crippen LogP contribution in [0.15, 0.2) is 18.2 Å². The number of hydrogen-bond acceptors (Lipinski definition) is 3. The third-order valence-electron chi connectivity index (χ3n) is 3.14. The molecule has 0 aliphatic carbocycles. The van der Waals surface area contributed by atoms with Crippen LogP contribution in [-0.2, 0) is 5.41 Å². The lowest BCUT2D eigenvalue weighted by Gasteiger charge is -2.27. The summed E-state index contributed by atoms with van der Waals surface area (Å²) in [6, 6.07) is 6.02. The zero-order valence-electron chi connectivity index (χ0n) is 11.5. The lowest BCUT2D eigenvalue weighted by Crippen LogP contribution is -2.24. The standard InChI is InChI=1S/C14H23NO2/c1-14(2,8-9-15-3)12-7-6-11(16-4)10-13(12)17-5/h6-7,10,15H,8-9H2,1-5H3. The van der Waals surface area contributed by atoms with Crippen LogP contribution in [0.1, 0.15) is 25.8 Å². The average molecular weight is 237 g/mol. The summed E-state index contributed by atoms with van der Waals surface area (Å²) >= 11 is 0. The molecule has 1 aromatic rings. The summed E-state index contributed by atoms with van der Waals surface area (Å²) in [4.78, 5) is 0. The van der Waals surface area contributed by atoms with Gasteiger partial charge in [0.2, 0.25) is 0 Å². The largest absolute Gasteiger partial charge is 0.497 e. The van der Waals surface area contributed by atoms with Crippen LogP contribution in [0.5, 0.6) is 11.5 Å². The molecule has 0 saturated heterocycles. The molecule has 1 aromatic carbocycles. The van der Waals surface area contributed by atoms with Gasteiger partial charge < -0.3 is 14.8 Å². The molecule has 0 heterocycles. The first kappa shape index (κ1) is 13.8. The van der Waals surface area contributed by atoms with Crippen molar-refractivity contribution in [3.63, 3.8) is 0 Å². The van der Waals surface area contributed by atoms with Gasteiger partial charge in [0.05, 0.1) is 14.2 Å². The van der Waals surface area contributed by atoms with Crippen molar-refractivity contribution in [3.05, 3.63) is 23.8 Å². The highest BCUT2D eigenvalue weighted by Gasteiger charge is 2.24. The molecule has 0 radical (unpaired) electrons. The Bertz CT molecular complexity index is 361. The second kappa shape index (κ2) is 5.92. The Kier molecular flexibility index (Phi) is 4.82. The molecule has 0 aliphatic heterocycles. The van der Waals surface area contributed by atoms with Crippen molar-refractivity contribution in [1.82, 2.24) is 5.32 Å². The van der Waals surface area contributed by atoms with Gasteiger partial charge in [0, 0.05) is 11.6 Å². The van der Waals surface area contributed by atoms with E-state index in [4.69, 9.17) is 9.47 Å². The summed E-state index contributed by atoms with van der Waals surface area (Å²) in [6.07, 6.45) is 1.06. The van der Waals surface area contributed by atoms with E-state index in [9.17, 15) is 0 Å². The monoisotopic (exact) mass is 237 g/mol. The first-order valence-corrected chi connectivity index (χ1v) is 5.92. The second-order valence-electron chi connectivity index (χ2n) is 4.80. The Morgan fingerprint density at radius 1 is 1.18 bits per heavy atom. The van der Waals surface area contributed by atoms with E-state index in [-0.39, 0.29) is 5.41 Å². The summed E-state index contributed by atoms with van der Waals surface area (Å²) < 4.78 is 10.7. The molecule has 96 valence electrons. The molecule has 1 rings (SSSR count). The molecule has 1 N–H and O–H groups in total. The van der Waals surface area contributed by atoms with Crippen molar-refractivity contribution in [2.24, 2.45) is 0 Å². The summed E-state index contributed by atoms with van der Waals surface area (Å²) in [5.41, 5.74) is 1.30. The quantitative estimate of drug-likeness (QED) is 0.825. The normalized spacial score (nSPS) is 11.4. The van der Waals surface area contributed by atoms with Crippen molar-refractivity contribution in [2.75, 3.05) is 27.8 Å². The first-order valence-electron chi connectivity index (χ1n) is 5.92. The lowest BCUT2D eigenvalue weighted by molar-refractivity contribution is 0.373. The molecule has 0 aromatic heterocycles. The minimum Gasteiger partial charge on any atom is -0.497 e. The Morgan fingerprint density at radius 2 is 1.88 bits per heavy atom. The molecule has 0 unspecified atom stereocenters. The Morgan fingerprint density at radius 3 is 2.41 bits per heavy atom. The van der Waals surface area contributed by atoms with Gasteiger partial charge in [-0.1, -0.05) is 19.9 Å². The zero-order chi connectivity index (χ0) is 12.9. The van der Waals surface area contributed by atoms with Gasteiger partial charge in [-0.05, 0) is 31.5 Å². The van der Waals surface area contributed by atoms with Gasteiger partial charge in [-0.2, -0.15) is 0 Å². The lowest BCUT2D eigenvalue weighted by atomic mass is 9.81. The average Bonchev–Trinajstić information content (AvgIpc) is 2.35. The van der Waals surface area contributed by atoms with Gasteiger partial charge in [0.1, 0.15) is 11.5 Å². The Balaban J connectivity index is 3.03. The molecular formula is C14H23NO2. The van der Waals surface area contributed by atoms with Crippen molar-refractivity contribution < 1.29 is 9.47 Å². The first-order chi connectivity index (χ1) is 8.05. The fraction of sp³-hybridized carbons (Fsp3) is 0.571. The third-order valence-corrected chi connectivity index (χ3v) is 3.14. The van der Waals surface area contributed by atoms with Gasteiger partial charge >= 0.3 is 0 Å². The molecule has 3 heteroatoms. The van der Waals surface area contributed by atoms with E-state index in [0.717, 1.165) is 24.5 Å². The molecule has 0 amide bonds. The van der Waals surface area contributed by atoms with Crippen molar-refractivity contribution >= 4 is 0 Å². The maximum Gasteiger partial charge on any atom is 0.126 e. The molecule has 0 aliphatic rings. The van der Waals surface area contributed by atoms with E-state index in [0.29, 0.717) is 0 Å². The van der Waals surface area contributed by atoms with Crippen molar-refractivity contribution in [3.8, 4) is 11.5 Å². The molecule has 0 fully saturated rings. The van der Waals surface area contributed by atoms with Gasteiger partial charge in [-0.15, -0.1) is 0 Å². The van der Waals surface area contributed by atoms with E-state index in [1.165, 1.54) is 5.56 Å². The number of ether oxygens (including phenoxy) is 2. The predicted octanol–water partition coefficient (Wildman–Crippen LogP) is 2.59. The SMILES string of the molecule is CNCCC(C)(C)c1ccc(OC)cc1OC. The van der Waals surface area contributed by atoms with Crippen LogP contribution in [-0.4, -0.2) is 27.8 Å². The number of nitrogens with one attached hydrogen (secondary N) is 1.